The second kappa shape index (κ2) is 3.39. The molecule has 0 aliphatic heterocycles. The molecule has 1 aromatic heterocycles. The Morgan fingerprint density at radius 2 is 2.15 bits per heavy atom. The first-order chi connectivity index (χ1) is 6.42. The van der Waals surface area contributed by atoms with Gasteiger partial charge in [-0.05, 0) is 13.0 Å². The topological polar surface area (TPSA) is 35.0 Å². The van der Waals surface area contributed by atoms with Crippen molar-refractivity contribution in [2.24, 2.45) is 0 Å². The van der Waals surface area contributed by atoms with Crippen LogP contribution in [0.25, 0.3) is 10.8 Å². The lowest BCUT2D eigenvalue weighted by Crippen LogP contribution is -1.96. The van der Waals surface area contributed by atoms with E-state index in [1.54, 1.807) is 6.20 Å². The number of hydrogen-bond acceptors (Lipinski definition) is 3. The van der Waals surface area contributed by atoms with Crippen molar-refractivity contribution in [2.75, 3.05) is 6.61 Å². The van der Waals surface area contributed by atoms with Crippen LogP contribution in [0.5, 0.6) is 5.88 Å². The van der Waals surface area contributed by atoms with Crippen molar-refractivity contribution in [3.05, 3.63) is 30.5 Å². The first-order valence-corrected chi connectivity index (χ1v) is 4.25. The van der Waals surface area contributed by atoms with Gasteiger partial charge in [0.15, 0.2) is 0 Å². The molecular weight excluding hydrogens is 164 g/mol. The summed E-state index contributed by atoms with van der Waals surface area (Å²) in [5.74, 6) is 0.612. The molecule has 0 aliphatic carbocycles. The second-order valence-corrected chi connectivity index (χ2v) is 2.67. The standard InChI is InChI=1S/C10H10N2O/c1-2-13-10-9-6-4-3-5-8(9)7-11-12-10/h3-7H,2H2,1H3. The number of aromatic nitrogens is 2. The minimum atomic E-state index is 0.612. The molecule has 0 saturated carbocycles. The Morgan fingerprint density at radius 1 is 1.31 bits per heavy atom. The summed E-state index contributed by atoms with van der Waals surface area (Å²) in [5, 5.41) is 9.85. The highest BCUT2D eigenvalue weighted by molar-refractivity contribution is 5.85. The molecular formula is C10H10N2O. The van der Waals surface area contributed by atoms with Crippen LogP contribution in [0.1, 0.15) is 6.92 Å². The van der Waals surface area contributed by atoms with Gasteiger partial charge in [-0.1, -0.05) is 18.2 Å². The Morgan fingerprint density at radius 3 is 3.00 bits per heavy atom. The fourth-order valence-electron chi connectivity index (χ4n) is 1.25. The number of ether oxygens (including phenoxy) is 1. The van der Waals surface area contributed by atoms with Gasteiger partial charge in [0, 0.05) is 10.8 Å². The zero-order valence-corrected chi connectivity index (χ0v) is 7.40. The number of fused-ring (bicyclic) bond motifs is 1. The van der Waals surface area contributed by atoms with Crippen molar-refractivity contribution in [3.8, 4) is 5.88 Å². The van der Waals surface area contributed by atoms with E-state index in [9.17, 15) is 0 Å². The van der Waals surface area contributed by atoms with E-state index in [1.807, 2.05) is 31.2 Å². The van der Waals surface area contributed by atoms with E-state index in [0.717, 1.165) is 10.8 Å². The van der Waals surface area contributed by atoms with Gasteiger partial charge in [0.25, 0.3) is 0 Å². The summed E-state index contributed by atoms with van der Waals surface area (Å²) in [6.45, 7) is 2.55. The van der Waals surface area contributed by atoms with E-state index < -0.39 is 0 Å². The maximum Gasteiger partial charge on any atom is 0.241 e. The fraction of sp³-hybridized carbons (Fsp3) is 0.200. The van der Waals surface area contributed by atoms with Crippen LogP contribution in [0.4, 0.5) is 0 Å². The Balaban J connectivity index is 2.61. The third-order valence-corrected chi connectivity index (χ3v) is 1.82. The Kier molecular flexibility index (Phi) is 2.08. The van der Waals surface area contributed by atoms with E-state index in [0.29, 0.717) is 12.5 Å². The number of hydrogen-bond donors (Lipinski definition) is 0. The summed E-state index contributed by atoms with van der Waals surface area (Å²) in [4.78, 5) is 0. The SMILES string of the molecule is CCOc1nncc2ccccc12. The minimum Gasteiger partial charge on any atom is -0.476 e. The molecule has 0 atom stereocenters. The molecule has 0 saturated heterocycles. The first-order valence-electron chi connectivity index (χ1n) is 4.25. The van der Waals surface area contributed by atoms with E-state index in [4.69, 9.17) is 4.74 Å². The molecule has 0 radical (unpaired) electrons. The molecule has 1 heterocycles. The average molecular weight is 174 g/mol. The van der Waals surface area contributed by atoms with Gasteiger partial charge in [0.1, 0.15) is 0 Å². The minimum absolute atomic E-state index is 0.612. The number of rotatable bonds is 2. The fourth-order valence-corrected chi connectivity index (χ4v) is 1.25. The van der Waals surface area contributed by atoms with Crippen LogP contribution in [-0.4, -0.2) is 16.8 Å². The highest BCUT2D eigenvalue weighted by Crippen LogP contribution is 2.20. The van der Waals surface area contributed by atoms with Crippen molar-refractivity contribution >= 4 is 10.8 Å². The lowest BCUT2D eigenvalue weighted by molar-refractivity contribution is 0.327. The summed E-state index contributed by atoms with van der Waals surface area (Å²) in [7, 11) is 0. The smallest absolute Gasteiger partial charge is 0.241 e. The lowest BCUT2D eigenvalue weighted by atomic mass is 10.2. The molecule has 13 heavy (non-hydrogen) atoms. The first kappa shape index (κ1) is 7.98. The van der Waals surface area contributed by atoms with Crippen LogP contribution in [-0.2, 0) is 0 Å². The molecule has 66 valence electrons. The number of nitrogens with zero attached hydrogens (tertiary/aromatic N) is 2. The maximum atomic E-state index is 5.35. The molecule has 3 heteroatoms. The molecule has 1 aromatic carbocycles. The molecule has 3 nitrogen and oxygen atoms in total. The van der Waals surface area contributed by atoms with Crippen LogP contribution in [0.3, 0.4) is 0 Å². The van der Waals surface area contributed by atoms with Crippen LogP contribution in [0.2, 0.25) is 0 Å². The van der Waals surface area contributed by atoms with E-state index in [1.165, 1.54) is 0 Å². The van der Waals surface area contributed by atoms with Crippen LogP contribution in [0.15, 0.2) is 30.5 Å². The van der Waals surface area contributed by atoms with Gasteiger partial charge in [0.2, 0.25) is 5.88 Å². The van der Waals surface area contributed by atoms with Crippen LogP contribution >= 0.6 is 0 Å². The molecule has 0 unspecified atom stereocenters. The third kappa shape index (κ3) is 1.45. The predicted molar refractivity (Wildman–Crippen MR) is 50.7 cm³/mol. The third-order valence-electron chi connectivity index (χ3n) is 1.82. The normalized spacial score (nSPS) is 10.2. The highest BCUT2D eigenvalue weighted by Gasteiger charge is 2.01. The zero-order valence-electron chi connectivity index (χ0n) is 7.40. The summed E-state index contributed by atoms with van der Waals surface area (Å²) >= 11 is 0. The van der Waals surface area contributed by atoms with Gasteiger partial charge in [-0.2, -0.15) is 5.10 Å². The molecule has 0 aliphatic rings. The largest absolute Gasteiger partial charge is 0.476 e. The summed E-state index contributed by atoms with van der Waals surface area (Å²) in [6, 6.07) is 7.91. The van der Waals surface area contributed by atoms with Gasteiger partial charge in [-0.15, -0.1) is 5.10 Å². The van der Waals surface area contributed by atoms with Gasteiger partial charge in [0.05, 0.1) is 12.8 Å². The summed E-state index contributed by atoms with van der Waals surface area (Å²) in [6.07, 6.45) is 1.73. The van der Waals surface area contributed by atoms with Crippen molar-refractivity contribution < 1.29 is 4.74 Å². The van der Waals surface area contributed by atoms with E-state index in [-0.39, 0.29) is 0 Å². The quantitative estimate of drug-likeness (QED) is 0.698. The Hall–Kier alpha value is -1.64. The zero-order chi connectivity index (χ0) is 9.10. The van der Waals surface area contributed by atoms with Crippen molar-refractivity contribution in [1.82, 2.24) is 10.2 Å². The average Bonchev–Trinajstić information content (AvgIpc) is 2.19. The molecule has 2 rings (SSSR count). The molecule has 0 spiro atoms. The van der Waals surface area contributed by atoms with Gasteiger partial charge in [-0.3, -0.25) is 0 Å². The highest BCUT2D eigenvalue weighted by atomic mass is 16.5. The van der Waals surface area contributed by atoms with E-state index in [2.05, 4.69) is 10.2 Å². The van der Waals surface area contributed by atoms with Crippen LogP contribution in [0, 0.1) is 0 Å². The lowest BCUT2D eigenvalue weighted by Gasteiger charge is -2.03. The van der Waals surface area contributed by atoms with E-state index >= 15 is 0 Å². The van der Waals surface area contributed by atoms with Crippen molar-refractivity contribution in [2.45, 2.75) is 6.92 Å². The monoisotopic (exact) mass is 174 g/mol. The predicted octanol–water partition coefficient (Wildman–Crippen LogP) is 2.03. The Bertz CT molecular complexity index is 409. The second-order valence-electron chi connectivity index (χ2n) is 2.67. The van der Waals surface area contributed by atoms with Gasteiger partial charge < -0.3 is 4.74 Å². The Labute approximate surface area is 76.4 Å². The summed E-state index contributed by atoms with van der Waals surface area (Å²) < 4.78 is 5.35. The molecule has 0 fully saturated rings. The maximum absolute atomic E-state index is 5.35. The van der Waals surface area contributed by atoms with Crippen molar-refractivity contribution in [3.63, 3.8) is 0 Å². The van der Waals surface area contributed by atoms with Gasteiger partial charge in [-0.25, -0.2) is 0 Å². The summed E-state index contributed by atoms with van der Waals surface area (Å²) in [5.41, 5.74) is 0. The number of benzene rings is 1. The molecule has 0 bridgehead atoms. The van der Waals surface area contributed by atoms with Crippen LogP contribution < -0.4 is 4.74 Å². The van der Waals surface area contributed by atoms with Crippen molar-refractivity contribution in [1.29, 1.82) is 0 Å². The van der Waals surface area contributed by atoms with Gasteiger partial charge >= 0.3 is 0 Å². The molecule has 0 N–H and O–H groups in total. The molecule has 2 aromatic rings. The molecule has 0 amide bonds.